The summed E-state index contributed by atoms with van der Waals surface area (Å²) in [5.74, 6) is -0.413. The topological polar surface area (TPSA) is 38.7 Å². The monoisotopic (exact) mass is 363 g/mol. The van der Waals surface area contributed by atoms with E-state index in [1.807, 2.05) is 18.2 Å². The molecular formula is C15H10INO2. The van der Waals surface area contributed by atoms with Gasteiger partial charge in [0.15, 0.2) is 0 Å². The van der Waals surface area contributed by atoms with E-state index >= 15 is 0 Å². The number of carbonyl (C=O) groups is 1. The summed E-state index contributed by atoms with van der Waals surface area (Å²) in [5.41, 5.74) is 4.98. The summed E-state index contributed by atoms with van der Waals surface area (Å²) in [6.07, 6.45) is 0. The third-order valence-electron chi connectivity index (χ3n) is 2.97. The Labute approximate surface area is 124 Å². The Hall–Kier alpha value is -1.69. The summed E-state index contributed by atoms with van der Waals surface area (Å²) in [6.45, 7) is 1.35. The van der Waals surface area contributed by atoms with E-state index < -0.39 is 5.97 Å². The molecule has 0 atom stereocenters. The van der Waals surface area contributed by atoms with Gasteiger partial charge in [0, 0.05) is 21.6 Å². The first-order chi connectivity index (χ1) is 9.16. The Morgan fingerprint density at radius 2 is 1.74 bits per heavy atom. The Balaban J connectivity index is 2.22. The molecule has 0 heterocycles. The van der Waals surface area contributed by atoms with E-state index in [-0.39, 0.29) is 0 Å². The van der Waals surface area contributed by atoms with Crippen molar-refractivity contribution < 1.29 is 9.63 Å². The molecule has 2 aromatic rings. The second-order valence-electron chi connectivity index (χ2n) is 4.26. The highest BCUT2D eigenvalue weighted by Crippen LogP contribution is 2.37. The van der Waals surface area contributed by atoms with Crippen LogP contribution in [0.25, 0.3) is 11.1 Å². The summed E-state index contributed by atoms with van der Waals surface area (Å²) < 4.78 is 1.12. The van der Waals surface area contributed by atoms with Crippen LogP contribution in [0.3, 0.4) is 0 Å². The first kappa shape index (κ1) is 12.3. The van der Waals surface area contributed by atoms with Crippen LogP contribution in [0.5, 0.6) is 0 Å². The van der Waals surface area contributed by atoms with Crippen LogP contribution in [0.2, 0.25) is 0 Å². The standard InChI is InChI=1S/C15H10INO2/c1-9(18)19-17-15-13-5-3-2-4-11(13)12-7-6-10(16)8-14(12)15/h2-8H,1H3/b17-15-. The number of nitrogens with zero attached hydrogens (tertiary/aromatic N) is 1. The molecule has 19 heavy (non-hydrogen) atoms. The average Bonchev–Trinajstić information content (AvgIpc) is 2.69. The lowest BCUT2D eigenvalue weighted by molar-refractivity contribution is -0.140. The third-order valence-corrected chi connectivity index (χ3v) is 3.65. The lowest BCUT2D eigenvalue weighted by Crippen LogP contribution is -2.02. The van der Waals surface area contributed by atoms with Crippen molar-refractivity contribution in [3.05, 3.63) is 57.2 Å². The molecule has 0 bridgehead atoms. The molecule has 0 fully saturated rings. The summed E-state index contributed by atoms with van der Waals surface area (Å²) in [4.78, 5) is 15.8. The van der Waals surface area contributed by atoms with Crippen LogP contribution in [0, 0.1) is 3.57 Å². The quantitative estimate of drug-likeness (QED) is 0.377. The van der Waals surface area contributed by atoms with Gasteiger partial charge >= 0.3 is 5.97 Å². The summed E-state index contributed by atoms with van der Waals surface area (Å²) >= 11 is 2.26. The van der Waals surface area contributed by atoms with Gasteiger partial charge in [0.05, 0.1) is 0 Å². The van der Waals surface area contributed by atoms with Crippen molar-refractivity contribution in [2.45, 2.75) is 6.92 Å². The molecule has 0 radical (unpaired) electrons. The van der Waals surface area contributed by atoms with Gasteiger partial charge in [-0.1, -0.05) is 35.5 Å². The minimum atomic E-state index is -0.413. The predicted molar refractivity (Wildman–Crippen MR) is 82.0 cm³/mol. The minimum Gasteiger partial charge on any atom is -0.318 e. The van der Waals surface area contributed by atoms with E-state index in [2.05, 4.69) is 52.0 Å². The first-order valence-electron chi connectivity index (χ1n) is 5.82. The molecule has 94 valence electrons. The maximum atomic E-state index is 11.0. The van der Waals surface area contributed by atoms with Crippen molar-refractivity contribution in [3.63, 3.8) is 0 Å². The molecule has 1 aliphatic carbocycles. The lowest BCUT2D eigenvalue weighted by atomic mass is 10.1. The Morgan fingerprint density at radius 1 is 1.05 bits per heavy atom. The van der Waals surface area contributed by atoms with Gasteiger partial charge in [-0.15, -0.1) is 0 Å². The Morgan fingerprint density at radius 3 is 2.47 bits per heavy atom. The van der Waals surface area contributed by atoms with Crippen molar-refractivity contribution in [2.75, 3.05) is 0 Å². The van der Waals surface area contributed by atoms with Crippen LogP contribution >= 0.6 is 22.6 Å². The fourth-order valence-electron chi connectivity index (χ4n) is 2.23. The van der Waals surface area contributed by atoms with Crippen LogP contribution < -0.4 is 0 Å². The van der Waals surface area contributed by atoms with Crippen LogP contribution in [0.15, 0.2) is 47.6 Å². The molecule has 0 saturated heterocycles. The predicted octanol–water partition coefficient (Wildman–Crippen LogP) is 3.59. The van der Waals surface area contributed by atoms with Crippen LogP contribution in [-0.4, -0.2) is 11.7 Å². The number of carbonyl (C=O) groups excluding carboxylic acids is 1. The molecule has 0 N–H and O–H groups in total. The highest BCUT2D eigenvalue weighted by atomic mass is 127. The van der Waals surface area contributed by atoms with E-state index in [1.54, 1.807) is 0 Å². The molecule has 2 aromatic carbocycles. The van der Waals surface area contributed by atoms with Crippen molar-refractivity contribution in [2.24, 2.45) is 5.16 Å². The van der Waals surface area contributed by atoms with Gasteiger partial charge in [-0.05, 0) is 45.9 Å². The number of rotatable bonds is 1. The number of hydrogen-bond donors (Lipinski definition) is 0. The molecule has 0 saturated carbocycles. The smallest absolute Gasteiger partial charge is 0.318 e. The third kappa shape index (κ3) is 2.16. The molecule has 0 aromatic heterocycles. The van der Waals surface area contributed by atoms with Gasteiger partial charge in [0.1, 0.15) is 5.71 Å². The molecule has 4 heteroatoms. The fourth-order valence-corrected chi connectivity index (χ4v) is 2.72. The van der Waals surface area contributed by atoms with Crippen molar-refractivity contribution in [1.82, 2.24) is 0 Å². The van der Waals surface area contributed by atoms with Gasteiger partial charge in [0.2, 0.25) is 0 Å². The maximum Gasteiger partial charge on any atom is 0.332 e. The molecule has 0 amide bonds. The maximum absolute atomic E-state index is 11.0. The van der Waals surface area contributed by atoms with E-state index in [0.29, 0.717) is 0 Å². The van der Waals surface area contributed by atoms with Crippen LogP contribution in [0.4, 0.5) is 0 Å². The number of benzene rings is 2. The summed E-state index contributed by atoms with van der Waals surface area (Å²) in [7, 11) is 0. The molecule has 1 aliphatic rings. The van der Waals surface area contributed by atoms with Gasteiger partial charge in [-0.3, -0.25) is 0 Å². The van der Waals surface area contributed by atoms with Crippen molar-refractivity contribution in [3.8, 4) is 11.1 Å². The zero-order valence-corrected chi connectivity index (χ0v) is 12.3. The number of fused-ring (bicyclic) bond motifs is 3. The van der Waals surface area contributed by atoms with Crippen molar-refractivity contribution in [1.29, 1.82) is 0 Å². The van der Waals surface area contributed by atoms with Gasteiger partial charge < -0.3 is 4.84 Å². The number of oxime groups is 1. The fraction of sp³-hybridized carbons (Fsp3) is 0.0667. The normalized spacial score (nSPS) is 14.1. The van der Waals surface area contributed by atoms with E-state index in [4.69, 9.17) is 4.84 Å². The molecule has 3 rings (SSSR count). The zero-order chi connectivity index (χ0) is 13.4. The average molecular weight is 363 g/mol. The van der Waals surface area contributed by atoms with Gasteiger partial charge in [-0.2, -0.15) is 0 Å². The molecule has 0 aliphatic heterocycles. The molecule has 0 unspecified atom stereocenters. The van der Waals surface area contributed by atoms with Crippen LogP contribution in [-0.2, 0) is 9.63 Å². The Bertz CT molecular complexity index is 707. The minimum absolute atomic E-state index is 0.413. The van der Waals surface area contributed by atoms with E-state index in [0.717, 1.165) is 31.5 Å². The first-order valence-corrected chi connectivity index (χ1v) is 6.90. The molecule has 0 spiro atoms. The zero-order valence-electron chi connectivity index (χ0n) is 10.2. The van der Waals surface area contributed by atoms with Crippen LogP contribution in [0.1, 0.15) is 18.1 Å². The highest BCUT2D eigenvalue weighted by molar-refractivity contribution is 14.1. The lowest BCUT2D eigenvalue weighted by Gasteiger charge is -2.01. The molecule has 3 nitrogen and oxygen atoms in total. The largest absolute Gasteiger partial charge is 0.332 e. The molecular weight excluding hydrogens is 353 g/mol. The second kappa shape index (κ2) is 4.77. The van der Waals surface area contributed by atoms with E-state index in [9.17, 15) is 4.79 Å². The van der Waals surface area contributed by atoms with Gasteiger partial charge in [-0.25, -0.2) is 4.79 Å². The number of halogens is 1. The summed E-state index contributed by atoms with van der Waals surface area (Å²) in [6, 6.07) is 14.2. The summed E-state index contributed by atoms with van der Waals surface area (Å²) in [5, 5.41) is 4.01. The SMILES string of the molecule is CC(=O)O/N=C1/c2ccccc2-c2ccc(I)cc21. The second-order valence-corrected chi connectivity index (χ2v) is 5.50. The van der Waals surface area contributed by atoms with Crippen molar-refractivity contribution >= 4 is 34.3 Å². The number of hydrogen-bond acceptors (Lipinski definition) is 3. The highest BCUT2D eigenvalue weighted by Gasteiger charge is 2.25. The van der Waals surface area contributed by atoms with E-state index in [1.165, 1.54) is 6.92 Å². The Kier molecular flexibility index (Phi) is 3.10. The van der Waals surface area contributed by atoms with Gasteiger partial charge in [0.25, 0.3) is 0 Å².